The van der Waals surface area contributed by atoms with Crippen LogP contribution in [0.5, 0.6) is 11.5 Å². The van der Waals surface area contributed by atoms with E-state index in [1.165, 1.54) is 12.1 Å². The SMILES string of the molecule is Cc1cccc(-c2nc(S(=O)(=O)c3ccccc3)c(NCc3ccc4c(c3)OCO4)o2)c1. The van der Waals surface area contributed by atoms with Gasteiger partial charge in [-0.2, -0.15) is 4.98 Å². The van der Waals surface area contributed by atoms with E-state index >= 15 is 0 Å². The fourth-order valence-corrected chi connectivity index (χ4v) is 4.75. The number of benzene rings is 3. The van der Waals surface area contributed by atoms with E-state index in [9.17, 15) is 8.42 Å². The van der Waals surface area contributed by atoms with Crippen molar-refractivity contribution in [3.8, 4) is 23.0 Å². The Balaban J connectivity index is 1.52. The Kier molecular flexibility index (Phi) is 5.07. The molecule has 5 rings (SSSR count). The van der Waals surface area contributed by atoms with Crippen LogP contribution < -0.4 is 14.8 Å². The summed E-state index contributed by atoms with van der Waals surface area (Å²) in [6.45, 7) is 2.46. The van der Waals surface area contributed by atoms with Crippen molar-refractivity contribution in [2.24, 2.45) is 0 Å². The first-order valence-corrected chi connectivity index (χ1v) is 11.5. The predicted octanol–water partition coefficient (Wildman–Crippen LogP) is 4.82. The first kappa shape index (κ1) is 20.1. The standard InChI is InChI=1S/C24H20N2O5S/c1-16-6-5-7-18(12-16)22-26-24(32(27,28)19-8-3-2-4-9-19)23(31-22)25-14-17-10-11-20-21(13-17)30-15-29-20/h2-13,25H,14-15H2,1H3. The topological polar surface area (TPSA) is 90.7 Å². The lowest BCUT2D eigenvalue weighted by atomic mass is 10.1. The summed E-state index contributed by atoms with van der Waals surface area (Å²) in [6, 6.07) is 21.3. The van der Waals surface area contributed by atoms with E-state index < -0.39 is 9.84 Å². The summed E-state index contributed by atoms with van der Waals surface area (Å²) >= 11 is 0. The fraction of sp³-hybridized carbons (Fsp3) is 0.125. The molecule has 162 valence electrons. The number of hydrogen-bond acceptors (Lipinski definition) is 7. The molecule has 0 radical (unpaired) electrons. The van der Waals surface area contributed by atoms with Gasteiger partial charge in [-0.1, -0.05) is 42.0 Å². The van der Waals surface area contributed by atoms with Gasteiger partial charge in [-0.25, -0.2) is 8.42 Å². The molecule has 0 spiro atoms. The van der Waals surface area contributed by atoms with Crippen LogP contribution in [-0.2, 0) is 16.4 Å². The van der Waals surface area contributed by atoms with Gasteiger partial charge in [-0.3, -0.25) is 0 Å². The molecule has 0 amide bonds. The number of nitrogens with one attached hydrogen (secondary N) is 1. The summed E-state index contributed by atoms with van der Waals surface area (Å²) in [4.78, 5) is 4.53. The van der Waals surface area contributed by atoms with Gasteiger partial charge in [0.25, 0.3) is 0 Å². The summed E-state index contributed by atoms with van der Waals surface area (Å²) < 4.78 is 43.3. The van der Waals surface area contributed by atoms with Crippen molar-refractivity contribution in [1.29, 1.82) is 0 Å². The van der Waals surface area contributed by atoms with E-state index in [0.717, 1.165) is 11.1 Å². The van der Waals surface area contributed by atoms with Gasteiger partial charge in [0.05, 0.1) is 4.90 Å². The highest BCUT2D eigenvalue weighted by atomic mass is 32.2. The van der Waals surface area contributed by atoms with Gasteiger partial charge in [0, 0.05) is 12.1 Å². The third kappa shape index (κ3) is 3.80. The zero-order chi connectivity index (χ0) is 22.1. The second-order valence-corrected chi connectivity index (χ2v) is 9.25. The van der Waals surface area contributed by atoms with Gasteiger partial charge >= 0.3 is 0 Å². The molecule has 0 aliphatic carbocycles. The number of anilines is 1. The van der Waals surface area contributed by atoms with Crippen LogP contribution in [0.1, 0.15) is 11.1 Å². The molecule has 0 saturated carbocycles. The lowest BCUT2D eigenvalue weighted by Crippen LogP contribution is -2.07. The summed E-state index contributed by atoms with van der Waals surface area (Å²) in [6.07, 6.45) is 0. The molecule has 0 atom stereocenters. The molecule has 0 saturated heterocycles. The van der Waals surface area contributed by atoms with Crippen LogP contribution in [0.2, 0.25) is 0 Å². The molecule has 2 heterocycles. The molecular weight excluding hydrogens is 428 g/mol. The fourth-order valence-electron chi connectivity index (χ4n) is 3.45. The van der Waals surface area contributed by atoms with E-state index in [0.29, 0.717) is 23.6 Å². The third-order valence-electron chi connectivity index (χ3n) is 5.06. The number of ether oxygens (including phenoxy) is 2. The second kappa shape index (κ2) is 8.05. The van der Waals surface area contributed by atoms with Crippen molar-refractivity contribution in [3.05, 3.63) is 83.9 Å². The molecule has 4 aromatic rings. The van der Waals surface area contributed by atoms with Crippen molar-refractivity contribution >= 4 is 15.7 Å². The Bertz CT molecular complexity index is 1380. The number of sulfone groups is 1. The second-order valence-electron chi connectivity index (χ2n) is 7.38. The van der Waals surface area contributed by atoms with E-state index in [1.807, 2.05) is 49.4 Å². The quantitative estimate of drug-likeness (QED) is 0.452. The third-order valence-corrected chi connectivity index (χ3v) is 6.74. The molecule has 0 bridgehead atoms. The molecule has 1 aromatic heterocycles. The normalized spacial score (nSPS) is 12.7. The Morgan fingerprint density at radius 1 is 0.938 bits per heavy atom. The maximum Gasteiger partial charge on any atom is 0.234 e. The summed E-state index contributed by atoms with van der Waals surface area (Å²) in [5, 5.41) is 2.94. The monoisotopic (exact) mass is 448 g/mol. The van der Waals surface area contributed by atoms with Crippen molar-refractivity contribution in [2.45, 2.75) is 23.4 Å². The van der Waals surface area contributed by atoms with E-state index in [1.54, 1.807) is 18.2 Å². The molecule has 3 aromatic carbocycles. The highest BCUT2D eigenvalue weighted by Crippen LogP contribution is 2.35. The number of oxazole rings is 1. The molecule has 1 N–H and O–H groups in total. The first-order chi connectivity index (χ1) is 15.5. The van der Waals surface area contributed by atoms with Crippen molar-refractivity contribution in [2.75, 3.05) is 12.1 Å². The van der Waals surface area contributed by atoms with Crippen molar-refractivity contribution in [1.82, 2.24) is 4.98 Å². The lowest BCUT2D eigenvalue weighted by molar-refractivity contribution is 0.174. The Labute approximate surface area is 185 Å². The Morgan fingerprint density at radius 2 is 1.75 bits per heavy atom. The molecule has 8 heteroatoms. The predicted molar refractivity (Wildman–Crippen MR) is 118 cm³/mol. The Morgan fingerprint density at radius 3 is 2.56 bits per heavy atom. The largest absolute Gasteiger partial charge is 0.454 e. The smallest absolute Gasteiger partial charge is 0.234 e. The van der Waals surface area contributed by atoms with Gasteiger partial charge < -0.3 is 19.2 Å². The van der Waals surface area contributed by atoms with Gasteiger partial charge in [0.15, 0.2) is 11.5 Å². The van der Waals surface area contributed by atoms with Crippen LogP contribution in [0.15, 0.2) is 87.1 Å². The number of rotatable bonds is 6. The molecule has 7 nitrogen and oxygen atoms in total. The van der Waals surface area contributed by atoms with Gasteiger partial charge in [0.2, 0.25) is 33.4 Å². The van der Waals surface area contributed by atoms with Crippen LogP contribution in [0.4, 0.5) is 5.88 Å². The van der Waals surface area contributed by atoms with Gasteiger partial charge in [0.1, 0.15) is 0 Å². The van der Waals surface area contributed by atoms with Crippen LogP contribution in [0, 0.1) is 6.92 Å². The minimum Gasteiger partial charge on any atom is -0.454 e. The first-order valence-electron chi connectivity index (χ1n) is 10.0. The molecule has 0 fully saturated rings. The number of hydrogen-bond donors (Lipinski definition) is 1. The lowest BCUT2D eigenvalue weighted by Gasteiger charge is -2.07. The zero-order valence-corrected chi connectivity index (χ0v) is 18.1. The molecule has 1 aliphatic rings. The zero-order valence-electron chi connectivity index (χ0n) is 17.2. The summed E-state index contributed by atoms with van der Waals surface area (Å²) in [5.41, 5.74) is 2.60. The van der Waals surface area contributed by atoms with Gasteiger partial charge in [-0.15, -0.1) is 0 Å². The van der Waals surface area contributed by atoms with Crippen LogP contribution >= 0.6 is 0 Å². The Hall–Kier alpha value is -3.78. The highest BCUT2D eigenvalue weighted by molar-refractivity contribution is 7.91. The maximum absolute atomic E-state index is 13.3. The average Bonchev–Trinajstić information content (AvgIpc) is 3.45. The molecule has 32 heavy (non-hydrogen) atoms. The van der Waals surface area contributed by atoms with Gasteiger partial charge in [-0.05, 0) is 48.9 Å². The highest BCUT2D eigenvalue weighted by Gasteiger charge is 2.28. The minimum atomic E-state index is -3.89. The minimum absolute atomic E-state index is 0.0861. The maximum atomic E-state index is 13.3. The van der Waals surface area contributed by atoms with E-state index in [4.69, 9.17) is 13.9 Å². The molecular formula is C24H20N2O5S. The number of aryl methyl sites for hydroxylation is 1. The van der Waals surface area contributed by atoms with Crippen LogP contribution in [0.3, 0.4) is 0 Å². The van der Waals surface area contributed by atoms with Crippen LogP contribution in [-0.4, -0.2) is 20.2 Å². The van der Waals surface area contributed by atoms with Crippen LogP contribution in [0.25, 0.3) is 11.5 Å². The summed E-state index contributed by atoms with van der Waals surface area (Å²) in [5.74, 6) is 1.65. The average molecular weight is 449 g/mol. The number of fused-ring (bicyclic) bond motifs is 1. The number of nitrogens with zero attached hydrogens (tertiary/aromatic N) is 1. The van der Waals surface area contributed by atoms with Crippen molar-refractivity contribution < 1.29 is 22.3 Å². The molecule has 0 unspecified atom stereocenters. The summed E-state index contributed by atoms with van der Waals surface area (Å²) in [7, 11) is -3.89. The number of aromatic nitrogens is 1. The van der Waals surface area contributed by atoms with E-state index in [2.05, 4.69) is 10.3 Å². The van der Waals surface area contributed by atoms with E-state index in [-0.39, 0.29) is 28.5 Å². The van der Waals surface area contributed by atoms with Crippen molar-refractivity contribution in [3.63, 3.8) is 0 Å². The molecule has 1 aliphatic heterocycles.